The summed E-state index contributed by atoms with van der Waals surface area (Å²) >= 11 is 0. The molecule has 0 spiro atoms. The van der Waals surface area contributed by atoms with Crippen LogP contribution >= 0.6 is 0 Å². The van der Waals surface area contributed by atoms with Gasteiger partial charge < -0.3 is 4.57 Å². The third-order valence-electron chi connectivity index (χ3n) is 1.32. The SMILES string of the molecule is C=Cc1ncn(C)c1C=O. The van der Waals surface area contributed by atoms with Crippen molar-refractivity contribution in [3.63, 3.8) is 0 Å². The van der Waals surface area contributed by atoms with Crippen LogP contribution in [0.2, 0.25) is 0 Å². The highest BCUT2D eigenvalue weighted by molar-refractivity contribution is 5.77. The number of carbonyl (C=O) groups is 1. The molecule has 0 amide bonds. The maximum Gasteiger partial charge on any atom is 0.168 e. The zero-order valence-electron chi connectivity index (χ0n) is 5.74. The summed E-state index contributed by atoms with van der Waals surface area (Å²) in [4.78, 5) is 14.3. The Bertz CT molecular complexity index is 263. The van der Waals surface area contributed by atoms with Crippen LogP contribution in [0.3, 0.4) is 0 Å². The minimum absolute atomic E-state index is 0.565. The summed E-state index contributed by atoms with van der Waals surface area (Å²) in [6.45, 7) is 3.52. The van der Waals surface area contributed by atoms with Crippen molar-refractivity contribution in [1.82, 2.24) is 9.55 Å². The normalized spacial score (nSPS) is 9.30. The first-order chi connectivity index (χ1) is 4.79. The van der Waals surface area contributed by atoms with Gasteiger partial charge in [0.05, 0.1) is 12.0 Å². The number of hydrogen-bond donors (Lipinski definition) is 0. The Morgan fingerprint density at radius 3 is 2.90 bits per heavy atom. The van der Waals surface area contributed by atoms with E-state index in [0.29, 0.717) is 11.4 Å². The first kappa shape index (κ1) is 6.74. The quantitative estimate of drug-likeness (QED) is 0.565. The smallest absolute Gasteiger partial charge is 0.168 e. The topological polar surface area (TPSA) is 34.9 Å². The predicted molar refractivity (Wildman–Crippen MR) is 38.7 cm³/mol. The number of carbonyl (C=O) groups excluding carboxylic acids is 1. The fraction of sp³-hybridized carbons (Fsp3) is 0.143. The van der Waals surface area contributed by atoms with E-state index in [1.54, 1.807) is 24.0 Å². The van der Waals surface area contributed by atoms with Gasteiger partial charge in [0, 0.05) is 7.05 Å². The summed E-state index contributed by atoms with van der Waals surface area (Å²) in [5.41, 5.74) is 1.20. The molecule has 3 heteroatoms. The molecule has 1 aromatic heterocycles. The molecule has 0 fully saturated rings. The minimum atomic E-state index is 0.565. The van der Waals surface area contributed by atoms with Crippen molar-refractivity contribution >= 4 is 12.4 Å². The Labute approximate surface area is 59.0 Å². The lowest BCUT2D eigenvalue weighted by molar-refractivity contribution is 0.111. The van der Waals surface area contributed by atoms with Crippen LogP contribution < -0.4 is 0 Å². The highest BCUT2D eigenvalue weighted by atomic mass is 16.1. The Kier molecular flexibility index (Phi) is 1.67. The summed E-state index contributed by atoms with van der Waals surface area (Å²) in [6, 6.07) is 0. The van der Waals surface area contributed by atoms with E-state index in [9.17, 15) is 4.79 Å². The van der Waals surface area contributed by atoms with Crippen molar-refractivity contribution in [3.8, 4) is 0 Å². The van der Waals surface area contributed by atoms with Gasteiger partial charge in [-0.05, 0) is 6.08 Å². The lowest BCUT2D eigenvalue weighted by Crippen LogP contribution is -1.93. The second-order valence-corrected chi connectivity index (χ2v) is 1.95. The number of rotatable bonds is 2. The molecule has 0 aliphatic heterocycles. The Hall–Kier alpha value is -1.38. The van der Waals surface area contributed by atoms with Gasteiger partial charge in [0.1, 0.15) is 5.69 Å². The molecule has 0 saturated carbocycles. The first-order valence-corrected chi connectivity index (χ1v) is 2.88. The highest BCUT2D eigenvalue weighted by Gasteiger charge is 2.01. The van der Waals surface area contributed by atoms with Crippen molar-refractivity contribution in [3.05, 3.63) is 24.3 Å². The summed E-state index contributed by atoms with van der Waals surface area (Å²) in [7, 11) is 1.77. The molecule has 10 heavy (non-hydrogen) atoms. The van der Waals surface area contributed by atoms with Gasteiger partial charge in [0.25, 0.3) is 0 Å². The van der Waals surface area contributed by atoms with Crippen LogP contribution in [0.1, 0.15) is 16.2 Å². The molecule has 0 N–H and O–H groups in total. The number of aromatic nitrogens is 2. The number of aldehydes is 1. The van der Waals surface area contributed by atoms with Crippen LogP contribution in [0.4, 0.5) is 0 Å². The molecular weight excluding hydrogens is 128 g/mol. The van der Waals surface area contributed by atoms with Crippen LogP contribution in [0, 0.1) is 0 Å². The van der Waals surface area contributed by atoms with Crippen molar-refractivity contribution in [1.29, 1.82) is 0 Å². The first-order valence-electron chi connectivity index (χ1n) is 2.88. The van der Waals surface area contributed by atoms with E-state index in [-0.39, 0.29) is 0 Å². The molecule has 0 aromatic carbocycles. The van der Waals surface area contributed by atoms with E-state index in [1.807, 2.05) is 0 Å². The molecule has 1 aromatic rings. The highest BCUT2D eigenvalue weighted by Crippen LogP contribution is 2.03. The summed E-state index contributed by atoms with van der Waals surface area (Å²) in [6.07, 6.45) is 3.91. The standard InChI is InChI=1S/C7H8N2O/c1-3-6-7(4-10)9(2)5-8-6/h3-5H,1H2,2H3. The average Bonchev–Trinajstić information content (AvgIpc) is 2.30. The van der Waals surface area contributed by atoms with Gasteiger partial charge in [-0.25, -0.2) is 4.98 Å². The molecule has 0 bridgehead atoms. The van der Waals surface area contributed by atoms with Gasteiger partial charge in [0.2, 0.25) is 0 Å². The molecule has 0 aliphatic rings. The Morgan fingerprint density at radius 1 is 1.80 bits per heavy atom. The van der Waals surface area contributed by atoms with E-state index < -0.39 is 0 Å². The van der Waals surface area contributed by atoms with E-state index in [1.165, 1.54) is 0 Å². The largest absolute Gasteiger partial charge is 0.331 e. The van der Waals surface area contributed by atoms with Gasteiger partial charge in [0.15, 0.2) is 6.29 Å². The summed E-state index contributed by atoms with van der Waals surface area (Å²) in [5.74, 6) is 0. The van der Waals surface area contributed by atoms with Crippen LogP contribution in [0.15, 0.2) is 12.9 Å². The van der Waals surface area contributed by atoms with Crippen LogP contribution in [0.25, 0.3) is 6.08 Å². The maximum atomic E-state index is 10.4. The fourth-order valence-electron chi connectivity index (χ4n) is 0.759. The Balaban J connectivity index is 3.25. The van der Waals surface area contributed by atoms with Gasteiger partial charge in [-0.1, -0.05) is 6.58 Å². The fourth-order valence-corrected chi connectivity index (χ4v) is 0.759. The number of aryl methyl sites for hydroxylation is 1. The second-order valence-electron chi connectivity index (χ2n) is 1.95. The predicted octanol–water partition coefficient (Wildman–Crippen LogP) is 0.876. The van der Waals surface area contributed by atoms with Crippen molar-refractivity contribution in [2.75, 3.05) is 0 Å². The van der Waals surface area contributed by atoms with Crippen LogP contribution in [-0.2, 0) is 7.05 Å². The summed E-state index contributed by atoms with van der Waals surface area (Å²) in [5, 5.41) is 0. The molecule has 52 valence electrons. The van der Waals surface area contributed by atoms with Crippen LogP contribution in [-0.4, -0.2) is 15.8 Å². The van der Waals surface area contributed by atoms with Crippen molar-refractivity contribution < 1.29 is 4.79 Å². The number of hydrogen-bond acceptors (Lipinski definition) is 2. The van der Waals surface area contributed by atoms with Gasteiger partial charge in [-0.2, -0.15) is 0 Å². The molecule has 3 nitrogen and oxygen atoms in total. The van der Waals surface area contributed by atoms with E-state index >= 15 is 0 Å². The zero-order chi connectivity index (χ0) is 7.56. The number of nitrogens with zero attached hydrogens (tertiary/aromatic N) is 2. The van der Waals surface area contributed by atoms with Gasteiger partial charge >= 0.3 is 0 Å². The van der Waals surface area contributed by atoms with E-state index in [0.717, 1.165) is 6.29 Å². The summed E-state index contributed by atoms with van der Waals surface area (Å²) < 4.78 is 1.66. The average molecular weight is 136 g/mol. The zero-order valence-corrected chi connectivity index (χ0v) is 5.74. The van der Waals surface area contributed by atoms with Crippen molar-refractivity contribution in [2.24, 2.45) is 7.05 Å². The maximum absolute atomic E-state index is 10.4. The number of imidazole rings is 1. The molecule has 0 saturated heterocycles. The third kappa shape index (κ3) is 0.857. The van der Waals surface area contributed by atoms with Crippen LogP contribution in [0.5, 0.6) is 0 Å². The van der Waals surface area contributed by atoms with Gasteiger partial charge in [-0.3, -0.25) is 4.79 Å². The lowest BCUT2D eigenvalue weighted by atomic mass is 10.3. The lowest BCUT2D eigenvalue weighted by Gasteiger charge is -1.90. The minimum Gasteiger partial charge on any atom is -0.331 e. The molecule has 0 aliphatic carbocycles. The van der Waals surface area contributed by atoms with E-state index in [4.69, 9.17) is 0 Å². The molecule has 0 radical (unpaired) electrons. The second kappa shape index (κ2) is 2.47. The monoisotopic (exact) mass is 136 g/mol. The van der Waals surface area contributed by atoms with Crippen molar-refractivity contribution in [2.45, 2.75) is 0 Å². The molecule has 1 rings (SSSR count). The molecule has 1 heterocycles. The Morgan fingerprint density at radius 2 is 2.50 bits per heavy atom. The molecule has 0 atom stereocenters. The molecular formula is C7H8N2O. The van der Waals surface area contributed by atoms with E-state index in [2.05, 4.69) is 11.6 Å². The molecule has 0 unspecified atom stereocenters. The third-order valence-corrected chi connectivity index (χ3v) is 1.32. The van der Waals surface area contributed by atoms with Gasteiger partial charge in [-0.15, -0.1) is 0 Å².